The van der Waals surface area contributed by atoms with Crippen LogP contribution in [0.3, 0.4) is 0 Å². The van der Waals surface area contributed by atoms with Crippen molar-refractivity contribution in [3.05, 3.63) is 57.6 Å². The Labute approximate surface area is 119 Å². The summed E-state index contributed by atoms with van der Waals surface area (Å²) in [4.78, 5) is 0. The number of hydrogen-bond donors (Lipinski definition) is 1. The Bertz CT molecular complexity index is 608. The van der Waals surface area contributed by atoms with Gasteiger partial charge in [0.2, 0.25) is 0 Å². The second kappa shape index (κ2) is 5.54. The highest BCUT2D eigenvalue weighted by atomic mass is 35.5. The molecule has 0 spiro atoms. The van der Waals surface area contributed by atoms with Gasteiger partial charge in [-0.25, -0.2) is 0 Å². The molecule has 0 aliphatic carbocycles. The summed E-state index contributed by atoms with van der Waals surface area (Å²) in [5, 5.41) is 0.672. The molecular formula is C16H18ClNO. The molecule has 2 rings (SSSR count). The molecule has 0 saturated carbocycles. The summed E-state index contributed by atoms with van der Waals surface area (Å²) in [7, 11) is 0. The third kappa shape index (κ3) is 3.02. The van der Waals surface area contributed by atoms with E-state index in [1.807, 2.05) is 13.0 Å². The monoisotopic (exact) mass is 275 g/mol. The van der Waals surface area contributed by atoms with E-state index in [1.54, 1.807) is 12.1 Å². The van der Waals surface area contributed by atoms with Gasteiger partial charge in [0.25, 0.3) is 0 Å². The molecule has 2 N–H and O–H groups in total. The molecule has 0 fully saturated rings. The van der Waals surface area contributed by atoms with Crippen LogP contribution in [0.25, 0.3) is 0 Å². The molecule has 0 bridgehead atoms. The lowest BCUT2D eigenvalue weighted by Gasteiger charge is -2.15. The van der Waals surface area contributed by atoms with Gasteiger partial charge in [-0.1, -0.05) is 23.7 Å². The molecule has 2 aromatic carbocycles. The van der Waals surface area contributed by atoms with Gasteiger partial charge in [0.15, 0.2) is 0 Å². The van der Waals surface area contributed by atoms with Crippen LogP contribution in [-0.4, -0.2) is 0 Å². The standard InChI is InChI=1S/C16H18ClNO/c1-10-4-5-11(2)16(12(10)3)19-9-13-8-14(17)6-7-15(13)18/h4-8H,9,18H2,1-3H3. The topological polar surface area (TPSA) is 35.2 Å². The fraction of sp³-hybridized carbons (Fsp3) is 0.250. The number of rotatable bonds is 3. The number of nitrogen functional groups attached to an aromatic ring is 1. The lowest BCUT2D eigenvalue weighted by Crippen LogP contribution is -2.03. The molecule has 0 amide bonds. The van der Waals surface area contributed by atoms with E-state index in [4.69, 9.17) is 22.1 Å². The fourth-order valence-corrected chi connectivity index (χ4v) is 2.19. The number of ether oxygens (including phenoxy) is 1. The number of anilines is 1. The van der Waals surface area contributed by atoms with E-state index < -0.39 is 0 Å². The second-order valence-corrected chi connectivity index (χ2v) is 5.22. The van der Waals surface area contributed by atoms with Gasteiger partial charge in [0.05, 0.1) is 0 Å². The minimum absolute atomic E-state index is 0.428. The van der Waals surface area contributed by atoms with E-state index in [-0.39, 0.29) is 0 Å². The lowest BCUT2D eigenvalue weighted by molar-refractivity contribution is 0.302. The SMILES string of the molecule is Cc1ccc(C)c(OCc2cc(Cl)ccc2N)c1C. The van der Waals surface area contributed by atoms with Crippen molar-refractivity contribution < 1.29 is 4.74 Å². The highest BCUT2D eigenvalue weighted by molar-refractivity contribution is 6.30. The van der Waals surface area contributed by atoms with Gasteiger partial charge in [-0.05, 0) is 55.7 Å². The molecule has 100 valence electrons. The van der Waals surface area contributed by atoms with E-state index >= 15 is 0 Å². The quantitative estimate of drug-likeness (QED) is 0.841. The minimum Gasteiger partial charge on any atom is -0.488 e. The molecule has 0 aromatic heterocycles. The third-order valence-electron chi connectivity index (χ3n) is 3.35. The van der Waals surface area contributed by atoms with Gasteiger partial charge in [-0.2, -0.15) is 0 Å². The van der Waals surface area contributed by atoms with Crippen molar-refractivity contribution >= 4 is 17.3 Å². The van der Waals surface area contributed by atoms with Crippen LogP contribution in [0.5, 0.6) is 5.75 Å². The molecule has 0 atom stereocenters. The van der Waals surface area contributed by atoms with Crippen LogP contribution in [0.2, 0.25) is 5.02 Å². The van der Waals surface area contributed by atoms with Crippen molar-refractivity contribution in [2.45, 2.75) is 27.4 Å². The van der Waals surface area contributed by atoms with E-state index in [2.05, 4.69) is 26.0 Å². The van der Waals surface area contributed by atoms with Gasteiger partial charge < -0.3 is 10.5 Å². The van der Waals surface area contributed by atoms with Crippen molar-refractivity contribution in [3.63, 3.8) is 0 Å². The van der Waals surface area contributed by atoms with Crippen molar-refractivity contribution in [3.8, 4) is 5.75 Å². The van der Waals surface area contributed by atoms with Crippen LogP contribution in [0.4, 0.5) is 5.69 Å². The second-order valence-electron chi connectivity index (χ2n) is 4.79. The molecule has 2 aromatic rings. The molecule has 0 aliphatic rings. The first-order valence-electron chi connectivity index (χ1n) is 6.22. The Morgan fingerprint density at radius 3 is 2.47 bits per heavy atom. The zero-order valence-corrected chi connectivity index (χ0v) is 12.2. The maximum Gasteiger partial charge on any atom is 0.125 e. The predicted octanol–water partition coefficient (Wildman–Crippen LogP) is 4.43. The number of halogens is 1. The zero-order valence-electron chi connectivity index (χ0n) is 11.5. The normalized spacial score (nSPS) is 10.5. The number of aryl methyl sites for hydroxylation is 2. The smallest absolute Gasteiger partial charge is 0.125 e. The van der Waals surface area contributed by atoms with Crippen molar-refractivity contribution in [1.29, 1.82) is 0 Å². The number of benzene rings is 2. The molecule has 19 heavy (non-hydrogen) atoms. The summed E-state index contributed by atoms with van der Waals surface area (Å²) in [6.45, 7) is 6.62. The van der Waals surface area contributed by atoms with Gasteiger partial charge in [-0.15, -0.1) is 0 Å². The van der Waals surface area contributed by atoms with Crippen LogP contribution < -0.4 is 10.5 Å². The summed E-state index contributed by atoms with van der Waals surface area (Å²) >= 11 is 5.98. The average molecular weight is 276 g/mol. The zero-order chi connectivity index (χ0) is 14.0. The first-order chi connectivity index (χ1) is 8.99. The maximum atomic E-state index is 5.98. The average Bonchev–Trinajstić information content (AvgIpc) is 2.38. The molecule has 0 saturated heterocycles. The Morgan fingerprint density at radius 1 is 1.05 bits per heavy atom. The van der Waals surface area contributed by atoms with E-state index in [1.165, 1.54) is 11.1 Å². The Hall–Kier alpha value is -1.67. The van der Waals surface area contributed by atoms with Gasteiger partial charge in [-0.3, -0.25) is 0 Å². The van der Waals surface area contributed by atoms with E-state index in [0.717, 1.165) is 16.9 Å². The molecular weight excluding hydrogens is 258 g/mol. The van der Waals surface area contributed by atoms with Crippen molar-refractivity contribution in [2.75, 3.05) is 5.73 Å². The highest BCUT2D eigenvalue weighted by Gasteiger charge is 2.08. The summed E-state index contributed by atoms with van der Waals surface area (Å²) in [5.74, 6) is 0.930. The first-order valence-corrected chi connectivity index (χ1v) is 6.60. The summed E-state index contributed by atoms with van der Waals surface area (Å²) in [6.07, 6.45) is 0. The van der Waals surface area contributed by atoms with Crippen molar-refractivity contribution in [2.24, 2.45) is 0 Å². The molecule has 0 aliphatic heterocycles. The fourth-order valence-electron chi connectivity index (χ4n) is 2.00. The van der Waals surface area contributed by atoms with Gasteiger partial charge in [0, 0.05) is 16.3 Å². The van der Waals surface area contributed by atoms with Gasteiger partial charge >= 0.3 is 0 Å². The number of nitrogens with two attached hydrogens (primary N) is 1. The van der Waals surface area contributed by atoms with Crippen LogP contribution >= 0.6 is 11.6 Å². The first kappa shape index (κ1) is 13.8. The largest absolute Gasteiger partial charge is 0.488 e. The van der Waals surface area contributed by atoms with Crippen LogP contribution in [0.15, 0.2) is 30.3 Å². The third-order valence-corrected chi connectivity index (χ3v) is 3.59. The van der Waals surface area contributed by atoms with Crippen LogP contribution in [0.1, 0.15) is 22.3 Å². The summed E-state index contributed by atoms with van der Waals surface area (Å²) in [6, 6.07) is 9.60. The highest BCUT2D eigenvalue weighted by Crippen LogP contribution is 2.27. The molecule has 0 heterocycles. The van der Waals surface area contributed by atoms with E-state index in [9.17, 15) is 0 Å². The Kier molecular flexibility index (Phi) is 4.01. The molecule has 0 radical (unpaired) electrons. The van der Waals surface area contributed by atoms with Crippen LogP contribution in [-0.2, 0) is 6.61 Å². The number of hydrogen-bond acceptors (Lipinski definition) is 2. The van der Waals surface area contributed by atoms with Crippen molar-refractivity contribution in [1.82, 2.24) is 0 Å². The molecule has 0 unspecified atom stereocenters. The van der Waals surface area contributed by atoms with Crippen LogP contribution in [0, 0.1) is 20.8 Å². The lowest BCUT2D eigenvalue weighted by atomic mass is 10.1. The summed E-state index contributed by atoms with van der Waals surface area (Å²) in [5.41, 5.74) is 11.0. The molecule has 3 heteroatoms. The summed E-state index contributed by atoms with van der Waals surface area (Å²) < 4.78 is 5.93. The minimum atomic E-state index is 0.428. The predicted molar refractivity (Wildman–Crippen MR) is 80.8 cm³/mol. The Balaban J connectivity index is 2.24. The molecule has 2 nitrogen and oxygen atoms in total. The van der Waals surface area contributed by atoms with E-state index in [0.29, 0.717) is 17.3 Å². The maximum absolute atomic E-state index is 5.98. The Morgan fingerprint density at radius 2 is 1.74 bits per heavy atom. The van der Waals surface area contributed by atoms with Gasteiger partial charge in [0.1, 0.15) is 12.4 Å².